The zero-order valence-corrected chi connectivity index (χ0v) is 10.1. The number of hydrogen-bond donors (Lipinski definition) is 0. The lowest BCUT2D eigenvalue weighted by Crippen LogP contribution is -2.13. The van der Waals surface area contributed by atoms with E-state index < -0.39 is 0 Å². The van der Waals surface area contributed by atoms with Crippen LogP contribution in [0.3, 0.4) is 0 Å². The topological polar surface area (TPSA) is 21.6 Å². The molecule has 1 heterocycles. The van der Waals surface area contributed by atoms with Crippen molar-refractivity contribution in [3.05, 3.63) is 0 Å². The molecule has 0 radical (unpaired) electrons. The third-order valence-corrected chi connectivity index (χ3v) is 2.85. The maximum Gasteiger partial charge on any atom is 0.183 e. The largest absolute Gasteiger partial charge is 0.481 e. The van der Waals surface area contributed by atoms with E-state index in [1.807, 2.05) is 0 Å². The minimum absolute atomic E-state index is 0.884. The molecule has 0 saturated carbocycles. The standard InChI is InChI=1S/C13H25NO/c1-2-3-4-5-6-7-8-10-13-14-11-9-12-15-13/h2-12H2,1H3. The minimum Gasteiger partial charge on any atom is -0.481 e. The Kier molecular flexibility index (Phi) is 7.32. The number of hydrogen-bond acceptors (Lipinski definition) is 2. The quantitative estimate of drug-likeness (QED) is 0.557. The van der Waals surface area contributed by atoms with Crippen LogP contribution in [-0.2, 0) is 4.74 Å². The lowest BCUT2D eigenvalue weighted by molar-refractivity contribution is 0.272. The van der Waals surface area contributed by atoms with Gasteiger partial charge >= 0.3 is 0 Å². The van der Waals surface area contributed by atoms with Crippen LogP contribution in [0.4, 0.5) is 0 Å². The van der Waals surface area contributed by atoms with Crippen molar-refractivity contribution in [1.29, 1.82) is 0 Å². The Balaban J connectivity index is 1.86. The van der Waals surface area contributed by atoms with E-state index in [9.17, 15) is 0 Å². The maximum absolute atomic E-state index is 5.47. The fourth-order valence-electron chi connectivity index (χ4n) is 1.89. The van der Waals surface area contributed by atoms with Crippen LogP contribution in [0.5, 0.6) is 0 Å². The first-order valence-electron chi connectivity index (χ1n) is 6.59. The second kappa shape index (κ2) is 8.75. The summed E-state index contributed by atoms with van der Waals surface area (Å²) in [4.78, 5) is 4.37. The van der Waals surface area contributed by atoms with Gasteiger partial charge in [-0.15, -0.1) is 0 Å². The molecule has 0 unspecified atom stereocenters. The summed E-state index contributed by atoms with van der Waals surface area (Å²) in [5.41, 5.74) is 0. The van der Waals surface area contributed by atoms with E-state index in [1.54, 1.807) is 0 Å². The Morgan fingerprint density at radius 1 is 1.07 bits per heavy atom. The molecule has 0 amide bonds. The first-order chi connectivity index (χ1) is 7.43. The molecule has 0 N–H and O–H groups in total. The van der Waals surface area contributed by atoms with Gasteiger partial charge in [0.2, 0.25) is 0 Å². The lowest BCUT2D eigenvalue weighted by Gasteiger charge is -2.13. The van der Waals surface area contributed by atoms with Crippen LogP contribution in [0, 0.1) is 0 Å². The SMILES string of the molecule is CCCCCCCCCC1=NCCCO1. The van der Waals surface area contributed by atoms with Gasteiger partial charge in [0.15, 0.2) is 5.90 Å². The van der Waals surface area contributed by atoms with Crippen molar-refractivity contribution in [2.75, 3.05) is 13.2 Å². The summed E-state index contributed by atoms with van der Waals surface area (Å²) < 4.78 is 5.47. The Bertz CT molecular complexity index is 177. The van der Waals surface area contributed by atoms with E-state index >= 15 is 0 Å². The molecule has 2 nitrogen and oxygen atoms in total. The van der Waals surface area contributed by atoms with Crippen molar-refractivity contribution < 1.29 is 4.74 Å². The molecular formula is C13H25NO. The second-order valence-electron chi connectivity index (χ2n) is 4.35. The predicted octanol–water partition coefficient (Wildman–Crippen LogP) is 3.95. The van der Waals surface area contributed by atoms with Crippen LogP contribution in [-0.4, -0.2) is 19.0 Å². The molecule has 15 heavy (non-hydrogen) atoms. The van der Waals surface area contributed by atoms with Gasteiger partial charge in [0.1, 0.15) is 0 Å². The first-order valence-corrected chi connectivity index (χ1v) is 6.59. The summed E-state index contributed by atoms with van der Waals surface area (Å²) >= 11 is 0. The van der Waals surface area contributed by atoms with Crippen molar-refractivity contribution in [2.24, 2.45) is 4.99 Å². The van der Waals surface area contributed by atoms with E-state index in [-0.39, 0.29) is 0 Å². The van der Waals surface area contributed by atoms with Crippen molar-refractivity contribution in [1.82, 2.24) is 0 Å². The summed E-state index contributed by atoms with van der Waals surface area (Å²) in [6, 6.07) is 0. The molecule has 0 aromatic carbocycles. The molecule has 0 saturated heterocycles. The highest BCUT2D eigenvalue weighted by atomic mass is 16.5. The Hall–Kier alpha value is -0.530. The molecule has 1 rings (SSSR count). The lowest BCUT2D eigenvalue weighted by atomic mass is 10.1. The zero-order chi connectivity index (χ0) is 10.8. The molecular weight excluding hydrogens is 186 g/mol. The minimum atomic E-state index is 0.884. The van der Waals surface area contributed by atoms with Gasteiger partial charge in [-0.1, -0.05) is 45.4 Å². The van der Waals surface area contributed by atoms with Gasteiger partial charge in [0.05, 0.1) is 6.61 Å². The van der Waals surface area contributed by atoms with E-state index in [0.29, 0.717) is 0 Å². The average Bonchev–Trinajstić information content (AvgIpc) is 2.29. The van der Waals surface area contributed by atoms with Crippen LogP contribution >= 0.6 is 0 Å². The molecule has 0 bridgehead atoms. The Morgan fingerprint density at radius 2 is 1.80 bits per heavy atom. The van der Waals surface area contributed by atoms with Gasteiger partial charge < -0.3 is 4.74 Å². The number of nitrogens with zero attached hydrogens (tertiary/aromatic N) is 1. The molecule has 0 aromatic rings. The van der Waals surface area contributed by atoms with E-state index in [0.717, 1.165) is 31.9 Å². The maximum atomic E-state index is 5.47. The van der Waals surface area contributed by atoms with Gasteiger partial charge in [-0.3, -0.25) is 4.99 Å². The zero-order valence-electron chi connectivity index (χ0n) is 10.1. The Labute approximate surface area is 94.1 Å². The van der Waals surface area contributed by atoms with Crippen LogP contribution < -0.4 is 0 Å². The fourth-order valence-corrected chi connectivity index (χ4v) is 1.89. The summed E-state index contributed by atoms with van der Waals surface area (Å²) in [6.07, 6.45) is 11.7. The van der Waals surface area contributed by atoms with Crippen LogP contribution in [0.25, 0.3) is 0 Å². The molecule has 0 aromatic heterocycles. The van der Waals surface area contributed by atoms with Gasteiger partial charge in [-0.2, -0.15) is 0 Å². The normalized spacial score (nSPS) is 15.9. The molecule has 1 aliphatic rings. The fraction of sp³-hybridized carbons (Fsp3) is 0.923. The predicted molar refractivity (Wildman–Crippen MR) is 65.5 cm³/mol. The van der Waals surface area contributed by atoms with E-state index in [4.69, 9.17) is 4.74 Å². The number of aliphatic imine (C=N–C) groups is 1. The van der Waals surface area contributed by atoms with Crippen molar-refractivity contribution >= 4 is 5.90 Å². The van der Waals surface area contributed by atoms with Crippen LogP contribution in [0.15, 0.2) is 4.99 Å². The Morgan fingerprint density at radius 3 is 2.47 bits per heavy atom. The number of unbranched alkanes of at least 4 members (excludes halogenated alkanes) is 6. The first kappa shape index (κ1) is 12.5. The highest BCUT2D eigenvalue weighted by Gasteiger charge is 2.04. The summed E-state index contributed by atoms with van der Waals surface area (Å²) in [5, 5.41) is 0. The van der Waals surface area contributed by atoms with Gasteiger partial charge in [-0.05, 0) is 6.42 Å². The number of ether oxygens (including phenoxy) is 1. The molecule has 2 heteroatoms. The third kappa shape index (κ3) is 6.53. The number of rotatable bonds is 8. The highest BCUT2D eigenvalue weighted by Crippen LogP contribution is 2.10. The molecule has 88 valence electrons. The molecule has 1 aliphatic heterocycles. The summed E-state index contributed by atoms with van der Waals surface area (Å²) in [5.74, 6) is 1.01. The monoisotopic (exact) mass is 211 g/mol. The average molecular weight is 211 g/mol. The van der Waals surface area contributed by atoms with Crippen molar-refractivity contribution in [3.63, 3.8) is 0 Å². The molecule has 0 aliphatic carbocycles. The van der Waals surface area contributed by atoms with E-state index in [1.165, 1.54) is 44.9 Å². The van der Waals surface area contributed by atoms with Gasteiger partial charge in [0, 0.05) is 19.4 Å². The third-order valence-electron chi connectivity index (χ3n) is 2.85. The molecule has 0 spiro atoms. The van der Waals surface area contributed by atoms with Crippen LogP contribution in [0.2, 0.25) is 0 Å². The smallest absolute Gasteiger partial charge is 0.183 e. The highest BCUT2D eigenvalue weighted by molar-refractivity contribution is 5.76. The van der Waals surface area contributed by atoms with E-state index in [2.05, 4.69) is 11.9 Å². The van der Waals surface area contributed by atoms with Crippen molar-refractivity contribution in [3.8, 4) is 0 Å². The summed E-state index contributed by atoms with van der Waals surface area (Å²) in [6.45, 7) is 4.12. The molecule has 0 fully saturated rings. The van der Waals surface area contributed by atoms with Crippen LogP contribution in [0.1, 0.15) is 64.7 Å². The summed E-state index contributed by atoms with van der Waals surface area (Å²) in [7, 11) is 0. The van der Waals surface area contributed by atoms with Crippen molar-refractivity contribution in [2.45, 2.75) is 64.7 Å². The molecule has 0 atom stereocenters. The van der Waals surface area contributed by atoms with Gasteiger partial charge in [-0.25, -0.2) is 0 Å². The van der Waals surface area contributed by atoms with Gasteiger partial charge in [0.25, 0.3) is 0 Å². The second-order valence-corrected chi connectivity index (χ2v) is 4.35.